The maximum atomic E-state index is 12.0. The van der Waals surface area contributed by atoms with Crippen LogP contribution in [0.25, 0.3) is 16.9 Å². The van der Waals surface area contributed by atoms with Crippen LogP contribution >= 0.6 is 0 Å². The number of benzene rings is 1. The van der Waals surface area contributed by atoms with Crippen LogP contribution in [0, 0.1) is 6.92 Å². The second-order valence-corrected chi connectivity index (χ2v) is 4.42. The van der Waals surface area contributed by atoms with E-state index in [1.165, 1.54) is 4.68 Å². The summed E-state index contributed by atoms with van der Waals surface area (Å²) in [6.07, 6.45) is 3.44. The van der Waals surface area contributed by atoms with Gasteiger partial charge in [0.25, 0.3) is 5.56 Å². The summed E-state index contributed by atoms with van der Waals surface area (Å²) in [4.78, 5) is 16.1. The normalized spacial score (nSPS) is 10.6. The molecule has 4 heteroatoms. The Morgan fingerprint density at radius 3 is 2.79 bits per heavy atom. The van der Waals surface area contributed by atoms with Crippen molar-refractivity contribution in [3.63, 3.8) is 0 Å². The van der Waals surface area contributed by atoms with E-state index in [1.807, 2.05) is 43.3 Å². The first kappa shape index (κ1) is 11.5. The second-order valence-electron chi connectivity index (χ2n) is 4.42. The third-order valence-corrected chi connectivity index (χ3v) is 2.95. The number of aromatic amines is 1. The predicted octanol–water partition coefficient (Wildman–Crippen LogP) is 2.54. The zero-order valence-electron chi connectivity index (χ0n) is 10.5. The summed E-state index contributed by atoms with van der Waals surface area (Å²) in [6, 6.07) is 13.1. The van der Waals surface area contributed by atoms with Crippen LogP contribution in [0.4, 0.5) is 0 Å². The van der Waals surface area contributed by atoms with Crippen molar-refractivity contribution >= 4 is 0 Å². The highest BCUT2D eigenvalue weighted by molar-refractivity contribution is 5.57. The van der Waals surface area contributed by atoms with E-state index in [0.717, 1.165) is 22.5 Å². The van der Waals surface area contributed by atoms with E-state index < -0.39 is 0 Å². The maximum Gasteiger partial charge on any atom is 0.271 e. The molecule has 0 amide bonds. The molecule has 3 rings (SSSR count). The van der Waals surface area contributed by atoms with Crippen molar-refractivity contribution in [3.05, 3.63) is 70.8 Å². The van der Waals surface area contributed by atoms with Crippen LogP contribution < -0.4 is 5.56 Å². The first-order valence-electron chi connectivity index (χ1n) is 6.03. The summed E-state index contributed by atoms with van der Waals surface area (Å²) in [5, 5.41) is 3.11. The zero-order valence-corrected chi connectivity index (χ0v) is 10.5. The molecule has 0 spiro atoms. The number of pyridine rings is 1. The molecule has 4 nitrogen and oxygen atoms in total. The second kappa shape index (κ2) is 4.57. The molecular formula is C15H13N3O. The first-order chi connectivity index (χ1) is 9.24. The van der Waals surface area contributed by atoms with Crippen LogP contribution in [0.3, 0.4) is 0 Å². The van der Waals surface area contributed by atoms with Crippen LogP contribution in [0.2, 0.25) is 0 Å². The standard InChI is InChI=1S/C15H13N3O/c1-11-4-2-6-13(8-11)18-15(19)9-14(17-18)12-5-3-7-16-10-12/h2-10,17H,1H3. The lowest BCUT2D eigenvalue weighted by atomic mass is 10.2. The van der Waals surface area contributed by atoms with Gasteiger partial charge in [-0.1, -0.05) is 12.1 Å². The summed E-state index contributed by atoms with van der Waals surface area (Å²) in [6.45, 7) is 2.00. The number of hydrogen-bond acceptors (Lipinski definition) is 2. The largest absolute Gasteiger partial charge is 0.290 e. The molecule has 3 aromatic rings. The van der Waals surface area contributed by atoms with Crippen molar-refractivity contribution < 1.29 is 0 Å². The summed E-state index contributed by atoms with van der Waals surface area (Å²) >= 11 is 0. The minimum atomic E-state index is -0.0792. The Kier molecular flexibility index (Phi) is 2.76. The monoisotopic (exact) mass is 251 g/mol. The molecule has 1 N–H and O–H groups in total. The fourth-order valence-electron chi connectivity index (χ4n) is 2.02. The lowest BCUT2D eigenvalue weighted by Gasteiger charge is -2.03. The van der Waals surface area contributed by atoms with Gasteiger partial charge in [-0.05, 0) is 36.8 Å². The van der Waals surface area contributed by atoms with Crippen molar-refractivity contribution in [2.45, 2.75) is 6.92 Å². The smallest absolute Gasteiger partial charge is 0.271 e. The van der Waals surface area contributed by atoms with E-state index in [-0.39, 0.29) is 5.56 Å². The molecule has 0 aliphatic rings. The topological polar surface area (TPSA) is 50.7 Å². The van der Waals surface area contributed by atoms with Crippen LogP contribution in [0.15, 0.2) is 59.7 Å². The summed E-state index contributed by atoms with van der Waals surface area (Å²) in [5.74, 6) is 0. The van der Waals surface area contributed by atoms with Gasteiger partial charge in [0.2, 0.25) is 0 Å². The lowest BCUT2D eigenvalue weighted by molar-refractivity contribution is 0.851. The van der Waals surface area contributed by atoms with Gasteiger partial charge in [0.15, 0.2) is 0 Å². The molecule has 0 aliphatic carbocycles. The fraction of sp³-hybridized carbons (Fsp3) is 0.0667. The number of aromatic nitrogens is 3. The molecule has 94 valence electrons. The Morgan fingerprint density at radius 1 is 1.16 bits per heavy atom. The van der Waals surface area contributed by atoms with E-state index in [9.17, 15) is 4.79 Å². The number of aryl methyl sites for hydroxylation is 1. The molecule has 1 aromatic carbocycles. The average molecular weight is 251 g/mol. The van der Waals surface area contributed by atoms with Crippen molar-refractivity contribution in [1.29, 1.82) is 0 Å². The Hall–Kier alpha value is -2.62. The predicted molar refractivity (Wildman–Crippen MR) is 74.4 cm³/mol. The molecular weight excluding hydrogens is 238 g/mol. The van der Waals surface area contributed by atoms with Crippen LogP contribution in [-0.2, 0) is 0 Å². The Labute approximate surface area is 110 Å². The molecule has 2 aromatic heterocycles. The Balaban J connectivity index is 2.10. The quantitative estimate of drug-likeness (QED) is 0.761. The van der Waals surface area contributed by atoms with Gasteiger partial charge in [-0.3, -0.25) is 14.9 Å². The molecule has 0 radical (unpaired) electrons. The molecule has 0 aliphatic heterocycles. The van der Waals surface area contributed by atoms with Crippen molar-refractivity contribution in [1.82, 2.24) is 14.8 Å². The van der Waals surface area contributed by atoms with E-state index >= 15 is 0 Å². The molecule has 2 heterocycles. The molecule has 0 saturated carbocycles. The lowest BCUT2D eigenvalue weighted by Crippen LogP contribution is -2.13. The Morgan fingerprint density at radius 2 is 2.05 bits per heavy atom. The molecule has 0 unspecified atom stereocenters. The van der Waals surface area contributed by atoms with Gasteiger partial charge in [0.05, 0.1) is 11.4 Å². The summed E-state index contributed by atoms with van der Waals surface area (Å²) < 4.78 is 1.54. The number of H-pyrrole nitrogens is 1. The Bertz CT molecular complexity index is 756. The third kappa shape index (κ3) is 2.20. The summed E-state index contributed by atoms with van der Waals surface area (Å²) in [7, 11) is 0. The van der Waals surface area contributed by atoms with Crippen LogP contribution in [0.5, 0.6) is 0 Å². The molecule has 0 atom stereocenters. The summed E-state index contributed by atoms with van der Waals surface area (Å²) in [5.41, 5.74) is 3.53. The van der Waals surface area contributed by atoms with E-state index in [2.05, 4.69) is 10.1 Å². The highest BCUT2D eigenvalue weighted by atomic mass is 16.1. The van der Waals surface area contributed by atoms with Gasteiger partial charge < -0.3 is 0 Å². The molecule has 0 bridgehead atoms. The van der Waals surface area contributed by atoms with Crippen molar-refractivity contribution in [2.24, 2.45) is 0 Å². The van der Waals surface area contributed by atoms with Gasteiger partial charge in [0, 0.05) is 24.0 Å². The first-order valence-corrected chi connectivity index (χ1v) is 6.03. The number of hydrogen-bond donors (Lipinski definition) is 1. The van der Waals surface area contributed by atoms with E-state index in [0.29, 0.717) is 0 Å². The highest BCUT2D eigenvalue weighted by Crippen LogP contribution is 2.15. The third-order valence-electron chi connectivity index (χ3n) is 2.95. The minimum absolute atomic E-state index is 0.0792. The van der Waals surface area contributed by atoms with Crippen molar-refractivity contribution in [2.75, 3.05) is 0 Å². The van der Waals surface area contributed by atoms with Gasteiger partial charge >= 0.3 is 0 Å². The highest BCUT2D eigenvalue weighted by Gasteiger charge is 2.06. The average Bonchev–Trinajstić information content (AvgIpc) is 2.82. The van der Waals surface area contributed by atoms with Gasteiger partial charge in [0.1, 0.15) is 0 Å². The van der Waals surface area contributed by atoms with Gasteiger partial charge in [-0.25, -0.2) is 4.68 Å². The number of nitrogens with zero attached hydrogens (tertiary/aromatic N) is 2. The van der Waals surface area contributed by atoms with Crippen LogP contribution in [0.1, 0.15) is 5.56 Å². The minimum Gasteiger partial charge on any atom is -0.290 e. The maximum absolute atomic E-state index is 12.0. The van der Waals surface area contributed by atoms with Gasteiger partial charge in [-0.2, -0.15) is 0 Å². The van der Waals surface area contributed by atoms with Crippen molar-refractivity contribution in [3.8, 4) is 16.9 Å². The number of rotatable bonds is 2. The van der Waals surface area contributed by atoms with Gasteiger partial charge in [-0.15, -0.1) is 0 Å². The fourth-order valence-corrected chi connectivity index (χ4v) is 2.02. The van der Waals surface area contributed by atoms with E-state index in [1.54, 1.807) is 18.5 Å². The van der Waals surface area contributed by atoms with Crippen LogP contribution in [-0.4, -0.2) is 14.8 Å². The molecule has 0 saturated heterocycles. The van der Waals surface area contributed by atoms with E-state index in [4.69, 9.17) is 0 Å². The SMILES string of the molecule is Cc1cccc(-n2[nH]c(-c3cccnc3)cc2=O)c1. The molecule has 19 heavy (non-hydrogen) atoms. The number of nitrogens with one attached hydrogen (secondary N) is 1. The molecule has 0 fully saturated rings. The zero-order chi connectivity index (χ0) is 13.2.